The molecule has 0 spiro atoms. The van der Waals surface area contributed by atoms with Crippen molar-refractivity contribution in [1.29, 1.82) is 0 Å². The molecule has 1 aromatic heterocycles. The van der Waals surface area contributed by atoms with Crippen LogP contribution in [-0.2, 0) is 11.3 Å². The molecule has 4 aromatic rings. The first-order chi connectivity index (χ1) is 22.5. The number of benzene rings is 3. The second kappa shape index (κ2) is 16.4. The highest BCUT2D eigenvalue weighted by Crippen LogP contribution is 2.26. The highest BCUT2D eigenvalue weighted by Gasteiger charge is 2.28. The first-order valence-electron chi connectivity index (χ1n) is 16.2. The monoisotopic (exact) mass is 621 g/mol. The zero-order valence-electron chi connectivity index (χ0n) is 26.1. The summed E-state index contributed by atoms with van der Waals surface area (Å²) in [4.78, 5) is 41.5. The molecule has 240 valence electrons. The van der Waals surface area contributed by atoms with Crippen molar-refractivity contribution in [2.45, 2.75) is 70.0 Å². The molecule has 0 radical (unpaired) electrons. The van der Waals surface area contributed by atoms with E-state index in [4.69, 9.17) is 10.2 Å². The van der Waals surface area contributed by atoms with Crippen LogP contribution < -0.4 is 21.7 Å². The van der Waals surface area contributed by atoms with Gasteiger partial charge in [-0.2, -0.15) is 0 Å². The largest absolute Gasteiger partial charge is 0.459 e. The zero-order chi connectivity index (χ0) is 32.1. The second-order valence-electron chi connectivity index (χ2n) is 11.8. The van der Waals surface area contributed by atoms with Gasteiger partial charge in [-0.25, -0.2) is 4.79 Å². The molecule has 9 nitrogen and oxygen atoms in total. The summed E-state index contributed by atoms with van der Waals surface area (Å²) in [5.41, 5.74) is 10.0. The van der Waals surface area contributed by atoms with Crippen LogP contribution in [-0.4, -0.2) is 41.4 Å². The van der Waals surface area contributed by atoms with Gasteiger partial charge in [0.25, 0.3) is 5.91 Å². The van der Waals surface area contributed by atoms with Crippen LogP contribution in [0.25, 0.3) is 11.1 Å². The molecular formula is C37H43N5O4. The van der Waals surface area contributed by atoms with E-state index in [2.05, 4.69) is 16.0 Å². The molecule has 0 unspecified atom stereocenters. The van der Waals surface area contributed by atoms with E-state index in [1.165, 1.54) is 12.7 Å². The van der Waals surface area contributed by atoms with Gasteiger partial charge in [0, 0.05) is 24.0 Å². The molecule has 1 fully saturated rings. The summed E-state index contributed by atoms with van der Waals surface area (Å²) in [5, 5.41) is 8.62. The number of hydrogen-bond donors (Lipinski definition) is 4. The van der Waals surface area contributed by atoms with Crippen LogP contribution >= 0.6 is 0 Å². The molecule has 0 saturated heterocycles. The standard InChI is InChI=1S/C37H43N5O4/c38-24-8-7-14-33(41-37(45)40-31-22-18-29(19-23-31)28-10-3-1-4-11-28)35(43)39-30-20-16-27(17-21-30)26-42(32-12-5-2-6-13-32)36(44)34-15-9-25-46-34/h1,3-4,9-11,15-23,25,32-33H,2,5-8,12-14,24,26,38H2,(H,39,43)(H2,40,41,45)/t33-/m0/s1. The quantitative estimate of drug-likeness (QED) is 0.118. The van der Waals surface area contributed by atoms with Crippen LogP contribution in [0.3, 0.4) is 0 Å². The van der Waals surface area contributed by atoms with Gasteiger partial charge in [-0.15, -0.1) is 0 Å². The van der Waals surface area contributed by atoms with Crippen molar-refractivity contribution in [1.82, 2.24) is 10.2 Å². The molecule has 0 bridgehead atoms. The Hall–Kier alpha value is -4.89. The highest BCUT2D eigenvalue weighted by molar-refractivity contribution is 5.99. The molecule has 5 rings (SSSR count). The third-order valence-electron chi connectivity index (χ3n) is 8.40. The number of nitrogens with one attached hydrogen (secondary N) is 3. The molecular weight excluding hydrogens is 578 g/mol. The summed E-state index contributed by atoms with van der Waals surface area (Å²) in [6.45, 7) is 0.963. The molecule has 1 aliphatic carbocycles. The van der Waals surface area contributed by atoms with E-state index in [-0.39, 0.29) is 17.9 Å². The maximum absolute atomic E-state index is 13.3. The van der Waals surface area contributed by atoms with Crippen molar-refractivity contribution >= 4 is 29.2 Å². The number of nitrogens with two attached hydrogens (primary N) is 1. The molecule has 1 heterocycles. The van der Waals surface area contributed by atoms with E-state index >= 15 is 0 Å². The van der Waals surface area contributed by atoms with E-state index in [0.29, 0.717) is 43.1 Å². The summed E-state index contributed by atoms with van der Waals surface area (Å²) >= 11 is 0. The number of nitrogens with zero attached hydrogens (tertiary/aromatic N) is 1. The normalized spacial score (nSPS) is 13.8. The second-order valence-corrected chi connectivity index (χ2v) is 11.8. The zero-order valence-corrected chi connectivity index (χ0v) is 26.1. The van der Waals surface area contributed by atoms with Crippen molar-refractivity contribution in [3.63, 3.8) is 0 Å². The minimum atomic E-state index is -0.748. The van der Waals surface area contributed by atoms with Crippen molar-refractivity contribution < 1.29 is 18.8 Å². The first kappa shape index (κ1) is 32.5. The topological polar surface area (TPSA) is 130 Å². The van der Waals surface area contributed by atoms with Crippen molar-refractivity contribution in [3.8, 4) is 11.1 Å². The summed E-state index contributed by atoms with van der Waals surface area (Å²) in [6.07, 6.45) is 8.78. The lowest BCUT2D eigenvalue weighted by Crippen LogP contribution is -2.45. The molecule has 1 aliphatic rings. The smallest absolute Gasteiger partial charge is 0.319 e. The lowest BCUT2D eigenvalue weighted by molar-refractivity contribution is -0.118. The van der Waals surface area contributed by atoms with Gasteiger partial charge in [0.15, 0.2) is 5.76 Å². The Labute approximate surface area is 270 Å². The molecule has 1 atom stereocenters. The van der Waals surface area contributed by atoms with Gasteiger partial charge in [0.1, 0.15) is 6.04 Å². The predicted octanol–water partition coefficient (Wildman–Crippen LogP) is 7.18. The van der Waals surface area contributed by atoms with Crippen molar-refractivity contribution in [3.05, 3.63) is 109 Å². The third kappa shape index (κ3) is 9.08. The average molecular weight is 622 g/mol. The third-order valence-corrected chi connectivity index (χ3v) is 8.40. The van der Waals surface area contributed by atoms with E-state index in [1.807, 2.05) is 83.8 Å². The van der Waals surface area contributed by atoms with E-state index in [1.54, 1.807) is 12.1 Å². The van der Waals surface area contributed by atoms with Crippen LogP contribution in [0.15, 0.2) is 102 Å². The fourth-order valence-corrected chi connectivity index (χ4v) is 5.88. The van der Waals surface area contributed by atoms with Crippen LogP contribution in [0, 0.1) is 0 Å². The number of furan rings is 1. The first-order valence-corrected chi connectivity index (χ1v) is 16.2. The molecule has 4 amide bonds. The Morgan fingerprint density at radius 2 is 1.46 bits per heavy atom. The van der Waals surface area contributed by atoms with Gasteiger partial charge < -0.3 is 31.0 Å². The van der Waals surface area contributed by atoms with Crippen LogP contribution in [0.2, 0.25) is 0 Å². The van der Waals surface area contributed by atoms with Crippen LogP contribution in [0.5, 0.6) is 0 Å². The lowest BCUT2D eigenvalue weighted by atomic mass is 9.93. The van der Waals surface area contributed by atoms with Gasteiger partial charge in [0.2, 0.25) is 5.91 Å². The Morgan fingerprint density at radius 3 is 2.13 bits per heavy atom. The van der Waals surface area contributed by atoms with Gasteiger partial charge in [-0.3, -0.25) is 9.59 Å². The maximum atomic E-state index is 13.3. The summed E-state index contributed by atoms with van der Waals surface area (Å²) in [5.74, 6) is -0.0712. The van der Waals surface area contributed by atoms with E-state index in [9.17, 15) is 14.4 Å². The van der Waals surface area contributed by atoms with E-state index in [0.717, 1.165) is 48.8 Å². The fourth-order valence-electron chi connectivity index (χ4n) is 5.88. The molecule has 46 heavy (non-hydrogen) atoms. The Bertz CT molecular complexity index is 1530. The summed E-state index contributed by atoms with van der Waals surface area (Å²) < 4.78 is 5.43. The number of anilines is 2. The van der Waals surface area contributed by atoms with Crippen LogP contribution in [0.1, 0.15) is 67.5 Å². The van der Waals surface area contributed by atoms with Gasteiger partial charge in [-0.05, 0) is 91.7 Å². The molecule has 1 saturated carbocycles. The fraction of sp³-hybridized carbons (Fsp3) is 0.324. The number of unbranched alkanes of at least 4 members (excludes halogenated alkanes) is 1. The van der Waals surface area contributed by atoms with Crippen molar-refractivity contribution in [2.75, 3.05) is 17.2 Å². The van der Waals surface area contributed by atoms with E-state index < -0.39 is 12.1 Å². The maximum Gasteiger partial charge on any atom is 0.319 e. The molecule has 5 N–H and O–H groups in total. The number of carbonyl (C=O) groups is 3. The minimum Gasteiger partial charge on any atom is -0.459 e. The Kier molecular flexibility index (Phi) is 11.6. The number of amides is 4. The number of hydrogen-bond acceptors (Lipinski definition) is 5. The number of carbonyl (C=O) groups excluding carboxylic acids is 3. The Balaban J connectivity index is 1.19. The Morgan fingerprint density at radius 1 is 0.783 bits per heavy atom. The predicted molar refractivity (Wildman–Crippen MR) is 181 cm³/mol. The summed E-state index contributed by atoms with van der Waals surface area (Å²) in [6, 6.07) is 27.5. The lowest BCUT2D eigenvalue weighted by Gasteiger charge is -2.34. The SMILES string of the molecule is NCCCC[C@H](NC(=O)Nc1ccc(-c2ccccc2)cc1)C(=O)Nc1ccc(CN(C(=O)c2ccco2)C2CCCCC2)cc1. The van der Waals surface area contributed by atoms with Gasteiger partial charge >= 0.3 is 6.03 Å². The minimum absolute atomic E-state index is 0.105. The molecule has 9 heteroatoms. The average Bonchev–Trinajstić information content (AvgIpc) is 3.64. The highest BCUT2D eigenvalue weighted by atomic mass is 16.3. The van der Waals surface area contributed by atoms with Gasteiger partial charge in [0.05, 0.1) is 6.26 Å². The van der Waals surface area contributed by atoms with Crippen molar-refractivity contribution in [2.24, 2.45) is 5.73 Å². The summed E-state index contributed by atoms with van der Waals surface area (Å²) in [7, 11) is 0. The number of rotatable bonds is 13. The van der Waals surface area contributed by atoms with Crippen LogP contribution in [0.4, 0.5) is 16.2 Å². The van der Waals surface area contributed by atoms with Gasteiger partial charge in [-0.1, -0.05) is 73.9 Å². The number of urea groups is 1. The molecule has 3 aromatic carbocycles. The molecule has 0 aliphatic heterocycles.